The number of nitrogens with two attached hydrogens (primary N) is 1. The third kappa shape index (κ3) is 2.15. The number of aromatic nitrogens is 2. The van der Waals surface area contributed by atoms with Gasteiger partial charge in [-0.3, -0.25) is 4.79 Å². The van der Waals surface area contributed by atoms with Gasteiger partial charge in [-0.2, -0.15) is 0 Å². The zero-order chi connectivity index (χ0) is 13.3. The van der Waals surface area contributed by atoms with E-state index in [1.807, 2.05) is 32.0 Å². The van der Waals surface area contributed by atoms with Crippen LogP contribution in [0.3, 0.4) is 0 Å². The monoisotopic (exact) mass is 249 g/mol. The van der Waals surface area contributed by atoms with Crippen molar-refractivity contribution in [1.82, 2.24) is 14.9 Å². The van der Waals surface area contributed by atoms with E-state index in [0.717, 1.165) is 5.69 Å². The Balaban J connectivity index is 2.35. The summed E-state index contributed by atoms with van der Waals surface area (Å²) in [5, 5.41) is 0. The van der Waals surface area contributed by atoms with Crippen molar-refractivity contribution in [1.29, 1.82) is 0 Å². The van der Waals surface area contributed by atoms with E-state index in [9.17, 15) is 4.79 Å². The van der Waals surface area contributed by atoms with E-state index in [-0.39, 0.29) is 18.0 Å². The van der Waals surface area contributed by atoms with Gasteiger partial charge in [-0.05, 0) is 13.0 Å². The molecule has 0 spiro atoms. The standard InChI is InChI=1S/C12H19N5O/c1-4-17-10(18)7-8(13)11(17)9-5-6-14-12(15-9)16(2)3/h5-6,8,11H,4,7,13H2,1-3H3/t8-,11-/m0/s1. The van der Waals surface area contributed by atoms with E-state index in [4.69, 9.17) is 5.73 Å². The normalized spacial score (nSPS) is 23.6. The van der Waals surface area contributed by atoms with Gasteiger partial charge in [0.15, 0.2) is 0 Å². The Morgan fingerprint density at radius 1 is 1.56 bits per heavy atom. The van der Waals surface area contributed by atoms with E-state index in [1.54, 1.807) is 11.1 Å². The number of carbonyl (C=O) groups excluding carboxylic acids is 1. The first-order chi connectivity index (χ1) is 8.54. The molecule has 1 amide bonds. The number of rotatable bonds is 3. The SMILES string of the molecule is CCN1C(=O)C[C@H](N)[C@H]1c1ccnc(N(C)C)n1. The van der Waals surface area contributed by atoms with Crippen molar-refractivity contribution < 1.29 is 4.79 Å². The van der Waals surface area contributed by atoms with Gasteiger partial charge in [-0.25, -0.2) is 9.97 Å². The highest BCUT2D eigenvalue weighted by Gasteiger charge is 2.38. The lowest BCUT2D eigenvalue weighted by Crippen LogP contribution is -2.33. The molecule has 1 aromatic rings. The Bertz CT molecular complexity index is 448. The second kappa shape index (κ2) is 4.89. The molecule has 1 aliphatic rings. The number of anilines is 1. The van der Waals surface area contributed by atoms with Crippen LogP contribution in [0.4, 0.5) is 5.95 Å². The van der Waals surface area contributed by atoms with E-state index in [1.165, 1.54) is 0 Å². The van der Waals surface area contributed by atoms with Crippen molar-refractivity contribution in [2.24, 2.45) is 5.73 Å². The molecule has 6 nitrogen and oxygen atoms in total. The largest absolute Gasteiger partial charge is 0.347 e. The summed E-state index contributed by atoms with van der Waals surface area (Å²) in [4.78, 5) is 24.1. The molecule has 2 N–H and O–H groups in total. The number of amides is 1. The van der Waals surface area contributed by atoms with Crippen LogP contribution in [0.2, 0.25) is 0 Å². The Labute approximate surface area is 107 Å². The molecule has 0 saturated carbocycles. The molecular formula is C12H19N5O. The van der Waals surface area contributed by atoms with Gasteiger partial charge in [0.25, 0.3) is 0 Å². The summed E-state index contributed by atoms with van der Waals surface area (Å²) < 4.78 is 0. The molecule has 0 radical (unpaired) electrons. The predicted octanol–water partition coefficient (Wildman–Crippen LogP) is 0.163. The lowest BCUT2D eigenvalue weighted by molar-refractivity contribution is -0.128. The molecule has 2 heterocycles. The van der Waals surface area contributed by atoms with Gasteiger partial charge in [0.1, 0.15) is 0 Å². The van der Waals surface area contributed by atoms with E-state index < -0.39 is 0 Å². The minimum Gasteiger partial charge on any atom is -0.347 e. The van der Waals surface area contributed by atoms with Crippen LogP contribution in [0.25, 0.3) is 0 Å². The molecule has 98 valence electrons. The first-order valence-electron chi connectivity index (χ1n) is 6.10. The van der Waals surface area contributed by atoms with Gasteiger partial charge in [-0.1, -0.05) is 0 Å². The smallest absolute Gasteiger partial charge is 0.225 e. The summed E-state index contributed by atoms with van der Waals surface area (Å²) in [5.41, 5.74) is 6.87. The highest BCUT2D eigenvalue weighted by atomic mass is 16.2. The molecule has 0 bridgehead atoms. The Morgan fingerprint density at radius 2 is 2.28 bits per heavy atom. The summed E-state index contributed by atoms with van der Waals surface area (Å²) in [6.07, 6.45) is 2.10. The molecule has 0 aliphatic carbocycles. The maximum absolute atomic E-state index is 11.8. The molecule has 6 heteroatoms. The van der Waals surface area contributed by atoms with Gasteiger partial charge < -0.3 is 15.5 Å². The third-order valence-electron chi connectivity index (χ3n) is 3.18. The lowest BCUT2D eigenvalue weighted by atomic mass is 10.1. The second-order valence-corrected chi connectivity index (χ2v) is 4.67. The number of nitrogens with zero attached hydrogens (tertiary/aromatic N) is 4. The van der Waals surface area contributed by atoms with E-state index in [2.05, 4.69) is 9.97 Å². The van der Waals surface area contributed by atoms with E-state index in [0.29, 0.717) is 18.9 Å². The van der Waals surface area contributed by atoms with Crippen molar-refractivity contribution in [3.8, 4) is 0 Å². The van der Waals surface area contributed by atoms with Crippen LogP contribution in [0, 0.1) is 0 Å². The summed E-state index contributed by atoms with van der Waals surface area (Å²) in [6, 6.07) is 1.50. The molecule has 0 aromatic carbocycles. The predicted molar refractivity (Wildman–Crippen MR) is 69.1 cm³/mol. The van der Waals surface area contributed by atoms with Crippen molar-refractivity contribution in [3.63, 3.8) is 0 Å². The molecule has 2 atom stereocenters. The fourth-order valence-corrected chi connectivity index (χ4v) is 2.31. The Morgan fingerprint density at radius 3 is 2.89 bits per heavy atom. The second-order valence-electron chi connectivity index (χ2n) is 4.67. The summed E-state index contributed by atoms with van der Waals surface area (Å²) in [6.45, 7) is 2.61. The number of hydrogen-bond acceptors (Lipinski definition) is 5. The van der Waals surface area contributed by atoms with Crippen molar-refractivity contribution in [2.45, 2.75) is 25.4 Å². The molecule has 1 fully saturated rings. The van der Waals surface area contributed by atoms with Crippen molar-refractivity contribution >= 4 is 11.9 Å². The van der Waals surface area contributed by atoms with Crippen LogP contribution in [0.1, 0.15) is 25.1 Å². The van der Waals surface area contributed by atoms with Crippen molar-refractivity contribution in [2.75, 3.05) is 25.5 Å². The van der Waals surface area contributed by atoms with Gasteiger partial charge in [0.05, 0.1) is 11.7 Å². The number of hydrogen-bond donors (Lipinski definition) is 1. The average Bonchev–Trinajstić information content (AvgIpc) is 2.63. The van der Waals surface area contributed by atoms with Crippen LogP contribution < -0.4 is 10.6 Å². The number of carbonyl (C=O) groups is 1. The topological polar surface area (TPSA) is 75.3 Å². The zero-order valence-corrected chi connectivity index (χ0v) is 11.0. The Kier molecular flexibility index (Phi) is 3.47. The van der Waals surface area contributed by atoms with Crippen LogP contribution in [0.15, 0.2) is 12.3 Å². The number of likely N-dealkylation sites (tertiary alicyclic amines) is 1. The Hall–Kier alpha value is -1.69. The van der Waals surface area contributed by atoms with Crippen LogP contribution in [-0.4, -0.2) is 47.5 Å². The van der Waals surface area contributed by atoms with Crippen molar-refractivity contribution in [3.05, 3.63) is 18.0 Å². The summed E-state index contributed by atoms with van der Waals surface area (Å²) >= 11 is 0. The third-order valence-corrected chi connectivity index (χ3v) is 3.18. The molecule has 1 aromatic heterocycles. The zero-order valence-electron chi connectivity index (χ0n) is 11.0. The summed E-state index contributed by atoms with van der Waals surface area (Å²) in [5.74, 6) is 0.732. The highest BCUT2D eigenvalue weighted by molar-refractivity contribution is 5.80. The van der Waals surface area contributed by atoms with Gasteiger partial charge >= 0.3 is 0 Å². The summed E-state index contributed by atoms with van der Waals surface area (Å²) in [7, 11) is 3.77. The lowest BCUT2D eigenvalue weighted by Gasteiger charge is -2.25. The first kappa shape index (κ1) is 12.8. The first-order valence-corrected chi connectivity index (χ1v) is 6.10. The minimum absolute atomic E-state index is 0.0972. The average molecular weight is 249 g/mol. The fourth-order valence-electron chi connectivity index (χ4n) is 2.31. The molecule has 2 rings (SSSR count). The molecule has 1 aliphatic heterocycles. The fraction of sp³-hybridized carbons (Fsp3) is 0.583. The van der Waals surface area contributed by atoms with Gasteiger partial charge in [0, 0.05) is 39.3 Å². The van der Waals surface area contributed by atoms with Crippen LogP contribution in [-0.2, 0) is 4.79 Å². The van der Waals surface area contributed by atoms with Crippen LogP contribution >= 0.6 is 0 Å². The van der Waals surface area contributed by atoms with E-state index >= 15 is 0 Å². The molecule has 18 heavy (non-hydrogen) atoms. The minimum atomic E-state index is -0.192. The molecular weight excluding hydrogens is 230 g/mol. The number of likely N-dealkylation sites (N-methyl/N-ethyl adjacent to an activating group) is 1. The van der Waals surface area contributed by atoms with Gasteiger partial charge in [0.2, 0.25) is 11.9 Å². The maximum Gasteiger partial charge on any atom is 0.225 e. The maximum atomic E-state index is 11.8. The molecule has 1 saturated heterocycles. The highest BCUT2D eigenvalue weighted by Crippen LogP contribution is 2.30. The van der Waals surface area contributed by atoms with Crippen LogP contribution in [0.5, 0.6) is 0 Å². The molecule has 0 unspecified atom stereocenters. The van der Waals surface area contributed by atoms with Gasteiger partial charge in [-0.15, -0.1) is 0 Å². The quantitative estimate of drug-likeness (QED) is 0.826.